The summed E-state index contributed by atoms with van der Waals surface area (Å²) in [5, 5.41) is 4.26. The molecule has 0 amide bonds. The molecule has 106 valence electrons. The first-order valence-corrected chi connectivity index (χ1v) is 6.59. The van der Waals surface area contributed by atoms with Crippen molar-refractivity contribution >= 4 is 0 Å². The standard InChI is InChI=1S/C15H15N5O/c1-11(16)12-7-8-17-14(9-12)21-15-18-10-20(19-15)13-5-3-2-4-6-13/h2-11H,16H2,1H3/t11-/m1/s1. The van der Waals surface area contributed by atoms with Gasteiger partial charge in [-0.05, 0) is 30.7 Å². The third kappa shape index (κ3) is 3.06. The average Bonchev–Trinajstić information content (AvgIpc) is 2.97. The Balaban J connectivity index is 1.80. The van der Waals surface area contributed by atoms with Crippen LogP contribution in [0.5, 0.6) is 11.9 Å². The largest absolute Gasteiger partial charge is 0.404 e. The predicted octanol–water partition coefficient (Wildman–Crippen LogP) is 2.47. The number of nitrogens with two attached hydrogens (primary N) is 1. The van der Waals surface area contributed by atoms with E-state index in [1.807, 2.05) is 43.3 Å². The Kier molecular flexibility index (Phi) is 3.61. The Morgan fingerprint density at radius 2 is 1.95 bits per heavy atom. The molecule has 0 aliphatic heterocycles. The summed E-state index contributed by atoms with van der Waals surface area (Å²) in [5.41, 5.74) is 7.70. The van der Waals surface area contributed by atoms with Crippen LogP contribution in [0.15, 0.2) is 55.0 Å². The maximum Gasteiger partial charge on any atom is 0.342 e. The molecule has 0 aliphatic rings. The Hall–Kier alpha value is -2.73. The maximum atomic E-state index is 5.84. The van der Waals surface area contributed by atoms with Crippen LogP contribution in [0.2, 0.25) is 0 Å². The SMILES string of the molecule is C[C@@H](N)c1ccnc(Oc2ncn(-c3ccccc3)n2)c1. The van der Waals surface area contributed by atoms with Crippen LogP contribution < -0.4 is 10.5 Å². The molecule has 2 heterocycles. The Bertz CT molecular complexity index is 724. The maximum absolute atomic E-state index is 5.84. The van der Waals surface area contributed by atoms with Gasteiger partial charge in [0.25, 0.3) is 0 Å². The van der Waals surface area contributed by atoms with Gasteiger partial charge in [0, 0.05) is 18.3 Å². The molecule has 0 radical (unpaired) electrons. The summed E-state index contributed by atoms with van der Waals surface area (Å²) in [6, 6.07) is 13.5. The van der Waals surface area contributed by atoms with E-state index in [0.29, 0.717) is 5.88 Å². The van der Waals surface area contributed by atoms with Crippen molar-refractivity contribution in [2.45, 2.75) is 13.0 Å². The van der Waals surface area contributed by atoms with Crippen LogP contribution in [0, 0.1) is 0 Å². The lowest BCUT2D eigenvalue weighted by atomic mass is 10.1. The molecule has 1 aromatic carbocycles. The molecule has 0 saturated heterocycles. The van der Waals surface area contributed by atoms with Crippen molar-refractivity contribution in [3.63, 3.8) is 0 Å². The molecule has 0 unspecified atom stereocenters. The number of pyridine rings is 1. The summed E-state index contributed by atoms with van der Waals surface area (Å²) in [4.78, 5) is 8.25. The van der Waals surface area contributed by atoms with Crippen LogP contribution in [0.25, 0.3) is 5.69 Å². The summed E-state index contributed by atoms with van der Waals surface area (Å²) in [6.07, 6.45) is 3.25. The highest BCUT2D eigenvalue weighted by atomic mass is 16.5. The predicted molar refractivity (Wildman–Crippen MR) is 78.3 cm³/mol. The summed E-state index contributed by atoms with van der Waals surface area (Å²) < 4.78 is 7.21. The minimum Gasteiger partial charge on any atom is -0.404 e. The molecule has 21 heavy (non-hydrogen) atoms. The molecule has 1 atom stereocenters. The normalized spacial score (nSPS) is 12.1. The second-order valence-corrected chi connectivity index (χ2v) is 4.63. The van der Waals surface area contributed by atoms with Gasteiger partial charge in [-0.25, -0.2) is 9.67 Å². The number of para-hydroxylation sites is 1. The van der Waals surface area contributed by atoms with Gasteiger partial charge in [-0.15, -0.1) is 5.10 Å². The number of rotatable bonds is 4. The summed E-state index contributed by atoms with van der Waals surface area (Å²) >= 11 is 0. The van der Waals surface area contributed by atoms with Gasteiger partial charge in [-0.3, -0.25) is 0 Å². The molecule has 6 heteroatoms. The van der Waals surface area contributed by atoms with Crippen LogP contribution in [0.3, 0.4) is 0 Å². The van der Waals surface area contributed by atoms with E-state index in [9.17, 15) is 0 Å². The monoisotopic (exact) mass is 281 g/mol. The molecule has 0 spiro atoms. The van der Waals surface area contributed by atoms with Gasteiger partial charge < -0.3 is 10.5 Å². The van der Waals surface area contributed by atoms with Crippen molar-refractivity contribution in [1.82, 2.24) is 19.7 Å². The van der Waals surface area contributed by atoms with Crippen molar-refractivity contribution in [1.29, 1.82) is 0 Å². The van der Waals surface area contributed by atoms with Gasteiger partial charge in [0.05, 0.1) is 5.69 Å². The van der Waals surface area contributed by atoms with E-state index >= 15 is 0 Å². The summed E-state index contributed by atoms with van der Waals surface area (Å²) in [7, 11) is 0. The zero-order valence-corrected chi connectivity index (χ0v) is 11.5. The Morgan fingerprint density at radius 3 is 2.71 bits per heavy atom. The van der Waals surface area contributed by atoms with E-state index in [-0.39, 0.29) is 12.1 Å². The van der Waals surface area contributed by atoms with Crippen LogP contribution >= 0.6 is 0 Å². The highest BCUT2D eigenvalue weighted by molar-refractivity contribution is 5.30. The highest BCUT2D eigenvalue weighted by Crippen LogP contribution is 2.19. The zero-order chi connectivity index (χ0) is 14.7. The average molecular weight is 281 g/mol. The molecule has 6 nitrogen and oxygen atoms in total. The number of aromatic nitrogens is 4. The molecular weight excluding hydrogens is 266 g/mol. The second kappa shape index (κ2) is 5.72. The number of ether oxygens (including phenoxy) is 1. The first-order chi connectivity index (χ1) is 10.2. The van der Waals surface area contributed by atoms with E-state index in [2.05, 4.69) is 15.1 Å². The number of nitrogens with zero attached hydrogens (tertiary/aromatic N) is 4. The van der Waals surface area contributed by atoms with E-state index in [4.69, 9.17) is 10.5 Å². The van der Waals surface area contributed by atoms with Gasteiger partial charge in [0.15, 0.2) is 0 Å². The fourth-order valence-corrected chi connectivity index (χ4v) is 1.86. The summed E-state index contributed by atoms with van der Waals surface area (Å²) in [5.74, 6) is 0.426. The molecule has 0 aliphatic carbocycles. The van der Waals surface area contributed by atoms with Gasteiger partial charge in [-0.1, -0.05) is 18.2 Å². The zero-order valence-electron chi connectivity index (χ0n) is 11.5. The van der Waals surface area contributed by atoms with Gasteiger partial charge in [0.2, 0.25) is 5.88 Å². The van der Waals surface area contributed by atoms with E-state index in [0.717, 1.165) is 11.3 Å². The second-order valence-electron chi connectivity index (χ2n) is 4.63. The molecule has 2 N–H and O–H groups in total. The van der Waals surface area contributed by atoms with Crippen LogP contribution in [-0.2, 0) is 0 Å². The van der Waals surface area contributed by atoms with Gasteiger partial charge >= 0.3 is 6.01 Å². The topological polar surface area (TPSA) is 78.9 Å². The van der Waals surface area contributed by atoms with Crippen molar-refractivity contribution in [2.24, 2.45) is 5.73 Å². The van der Waals surface area contributed by atoms with Crippen LogP contribution in [0.4, 0.5) is 0 Å². The Labute approximate surface area is 122 Å². The van der Waals surface area contributed by atoms with Gasteiger partial charge in [-0.2, -0.15) is 4.98 Å². The number of benzene rings is 1. The Morgan fingerprint density at radius 1 is 1.14 bits per heavy atom. The van der Waals surface area contributed by atoms with Crippen molar-refractivity contribution in [3.8, 4) is 17.6 Å². The molecule has 3 aromatic rings. The quantitative estimate of drug-likeness (QED) is 0.794. The fraction of sp³-hybridized carbons (Fsp3) is 0.133. The molecular formula is C15H15N5O. The van der Waals surface area contributed by atoms with E-state index < -0.39 is 0 Å². The van der Waals surface area contributed by atoms with E-state index in [1.165, 1.54) is 0 Å². The third-order valence-electron chi connectivity index (χ3n) is 2.97. The third-order valence-corrected chi connectivity index (χ3v) is 2.97. The lowest BCUT2D eigenvalue weighted by Gasteiger charge is -2.06. The molecule has 2 aromatic heterocycles. The smallest absolute Gasteiger partial charge is 0.342 e. The molecule has 0 bridgehead atoms. The van der Waals surface area contributed by atoms with Gasteiger partial charge in [0.1, 0.15) is 6.33 Å². The fourth-order valence-electron chi connectivity index (χ4n) is 1.86. The number of hydrogen-bond acceptors (Lipinski definition) is 5. The van der Waals surface area contributed by atoms with E-state index in [1.54, 1.807) is 23.3 Å². The van der Waals surface area contributed by atoms with Crippen LogP contribution in [0.1, 0.15) is 18.5 Å². The number of hydrogen-bond donors (Lipinski definition) is 1. The molecule has 0 saturated carbocycles. The lowest BCUT2D eigenvalue weighted by Crippen LogP contribution is -2.05. The minimum absolute atomic E-state index is 0.0785. The lowest BCUT2D eigenvalue weighted by molar-refractivity contribution is 0.423. The van der Waals surface area contributed by atoms with Crippen molar-refractivity contribution in [3.05, 3.63) is 60.6 Å². The highest BCUT2D eigenvalue weighted by Gasteiger charge is 2.07. The first kappa shape index (κ1) is 13.3. The first-order valence-electron chi connectivity index (χ1n) is 6.59. The van der Waals surface area contributed by atoms with Crippen LogP contribution in [-0.4, -0.2) is 19.7 Å². The molecule has 3 rings (SSSR count). The summed E-state index contributed by atoms with van der Waals surface area (Å²) in [6.45, 7) is 1.90. The van der Waals surface area contributed by atoms with Crippen molar-refractivity contribution in [2.75, 3.05) is 0 Å². The van der Waals surface area contributed by atoms with Crippen molar-refractivity contribution < 1.29 is 4.74 Å². The minimum atomic E-state index is -0.0785. The molecule has 0 fully saturated rings.